The molecule has 1 N–H and O–H groups in total. The summed E-state index contributed by atoms with van der Waals surface area (Å²) in [6.45, 7) is -0.775. The first kappa shape index (κ1) is 23.3. The number of carbonyl (C=O) groups is 2. The van der Waals surface area contributed by atoms with Crippen LogP contribution in [0.2, 0.25) is 5.02 Å². The van der Waals surface area contributed by atoms with Crippen LogP contribution in [0.1, 0.15) is 17.8 Å². The molecule has 0 aliphatic rings. The molecule has 0 aliphatic carbocycles. The van der Waals surface area contributed by atoms with Gasteiger partial charge in [0.25, 0.3) is 11.5 Å². The van der Waals surface area contributed by atoms with Crippen LogP contribution in [0.4, 0.5) is 18.9 Å². The molecule has 3 aromatic rings. The van der Waals surface area contributed by atoms with Gasteiger partial charge in [0.2, 0.25) is 0 Å². The number of aromatic nitrogens is 2. The second kappa shape index (κ2) is 9.39. The Kier molecular flexibility index (Phi) is 6.83. The summed E-state index contributed by atoms with van der Waals surface area (Å²) in [4.78, 5) is 40.7. The maximum Gasteiger partial charge on any atom is 0.418 e. The van der Waals surface area contributed by atoms with E-state index < -0.39 is 35.9 Å². The number of nitrogens with zero attached hydrogens (tertiary/aromatic N) is 2. The fraction of sp³-hybridized carbons (Fsp3) is 0.238. The molecule has 0 radical (unpaired) electrons. The number of hydrogen-bond donors (Lipinski definition) is 1. The number of rotatable bonds is 6. The molecule has 0 bridgehead atoms. The number of anilines is 1. The Bertz CT molecular complexity index is 1240. The summed E-state index contributed by atoms with van der Waals surface area (Å²) < 4.78 is 45.4. The molecule has 1 heterocycles. The van der Waals surface area contributed by atoms with Gasteiger partial charge in [-0.25, -0.2) is 4.98 Å². The van der Waals surface area contributed by atoms with E-state index >= 15 is 0 Å². The van der Waals surface area contributed by atoms with Crippen LogP contribution < -0.4 is 10.9 Å². The topological polar surface area (TPSA) is 90.3 Å². The average Bonchev–Trinajstić information content (AvgIpc) is 2.74. The fourth-order valence-corrected chi connectivity index (χ4v) is 3.14. The minimum absolute atomic E-state index is 0.0758. The van der Waals surface area contributed by atoms with Gasteiger partial charge in [0.1, 0.15) is 5.82 Å². The van der Waals surface area contributed by atoms with Crippen LogP contribution in [0.3, 0.4) is 0 Å². The van der Waals surface area contributed by atoms with Gasteiger partial charge in [-0.2, -0.15) is 13.2 Å². The van der Waals surface area contributed by atoms with Gasteiger partial charge in [-0.05, 0) is 30.3 Å². The molecule has 11 heteroatoms. The molecule has 168 valence electrons. The Labute approximate surface area is 184 Å². The maximum absolute atomic E-state index is 13.1. The highest BCUT2D eigenvalue weighted by Gasteiger charge is 2.34. The quantitative estimate of drug-likeness (QED) is 0.558. The van der Waals surface area contributed by atoms with E-state index in [1.54, 1.807) is 24.3 Å². The van der Waals surface area contributed by atoms with Gasteiger partial charge < -0.3 is 10.1 Å². The van der Waals surface area contributed by atoms with Gasteiger partial charge in [0.05, 0.1) is 28.6 Å². The van der Waals surface area contributed by atoms with Gasteiger partial charge in [-0.1, -0.05) is 23.7 Å². The SMILES string of the molecule is Cn1c(CCC(=O)OCC(=O)Nc2ccc(Cl)cc2C(F)(F)F)nc2ccccc2c1=O. The number of fused-ring (bicyclic) bond motifs is 1. The van der Waals surface area contributed by atoms with Crippen molar-refractivity contribution in [2.24, 2.45) is 7.05 Å². The van der Waals surface area contributed by atoms with Crippen LogP contribution in [0.15, 0.2) is 47.3 Å². The molecule has 1 aromatic heterocycles. The molecule has 0 aliphatic heterocycles. The Hall–Kier alpha value is -3.40. The predicted octanol–water partition coefficient (Wildman–Crippen LogP) is 3.72. The van der Waals surface area contributed by atoms with Crippen molar-refractivity contribution in [3.63, 3.8) is 0 Å². The zero-order valence-corrected chi connectivity index (χ0v) is 17.5. The zero-order valence-electron chi connectivity index (χ0n) is 16.7. The van der Waals surface area contributed by atoms with Gasteiger partial charge >= 0.3 is 12.1 Å². The van der Waals surface area contributed by atoms with Crippen molar-refractivity contribution in [1.29, 1.82) is 0 Å². The molecular weight excluding hydrogens is 451 g/mol. The number of benzene rings is 2. The van der Waals surface area contributed by atoms with Gasteiger partial charge in [-0.15, -0.1) is 0 Å². The van der Waals surface area contributed by atoms with Crippen molar-refractivity contribution >= 4 is 40.1 Å². The standard InChI is InChI=1S/C21H17ClF3N3O4/c1-28-17(26-15-5-3-2-4-13(15)20(28)31)8-9-19(30)32-11-18(29)27-16-7-6-12(22)10-14(16)21(23,24)25/h2-7,10H,8-9,11H2,1H3,(H,27,29). The minimum Gasteiger partial charge on any atom is -0.456 e. The van der Waals surface area contributed by atoms with Crippen LogP contribution in [0.25, 0.3) is 10.9 Å². The molecule has 0 unspecified atom stereocenters. The third-order valence-electron chi connectivity index (χ3n) is 4.55. The number of alkyl halides is 3. The van der Waals surface area contributed by atoms with E-state index in [0.717, 1.165) is 6.07 Å². The number of esters is 1. The largest absolute Gasteiger partial charge is 0.456 e. The first-order valence-corrected chi connectivity index (χ1v) is 9.71. The van der Waals surface area contributed by atoms with Crippen LogP contribution in [-0.2, 0) is 34.0 Å². The fourth-order valence-electron chi connectivity index (χ4n) is 2.97. The maximum atomic E-state index is 13.1. The summed E-state index contributed by atoms with van der Waals surface area (Å²) in [5.41, 5.74) is -1.39. The van der Waals surface area contributed by atoms with Crippen molar-refractivity contribution in [3.8, 4) is 0 Å². The predicted molar refractivity (Wildman–Crippen MR) is 111 cm³/mol. The number of amides is 1. The molecule has 0 fully saturated rings. The number of halogens is 4. The summed E-state index contributed by atoms with van der Waals surface area (Å²) in [7, 11) is 1.53. The highest BCUT2D eigenvalue weighted by atomic mass is 35.5. The minimum atomic E-state index is -4.73. The highest BCUT2D eigenvalue weighted by molar-refractivity contribution is 6.30. The van der Waals surface area contributed by atoms with Crippen molar-refractivity contribution in [2.45, 2.75) is 19.0 Å². The van der Waals surface area contributed by atoms with Crippen molar-refractivity contribution in [2.75, 3.05) is 11.9 Å². The van der Waals surface area contributed by atoms with Crippen molar-refractivity contribution in [3.05, 3.63) is 69.2 Å². The Morgan fingerprint density at radius 3 is 2.62 bits per heavy atom. The molecule has 3 rings (SSSR count). The Morgan fingerprint density at radius 1 is 1.19 bits per heavy atom. The number of carbonyl (C=O) groups excluding carboxylic acids is 2. The van der Waals surface area contributed by atoms with E-state index in [9.17, 15) is 27.6 Å². The normalized spacial score (nSPS) is 11.4. The third kappa shape index (κ3) is 5.44. The van der Waals surface area contributed by atoms with Gasteiger partial charge in [0.15, 0.2) is 6.61 Å². The molecule has 0 atom stereocenters. The second-order valence-corrected chi connectivity index (χ2v) is 7.24. The first-order valence-electron chi connectivity index (χ1n) is 9.33. The lowest BCUT2D eigenvalue weighted by Crippen LogP contribution is -2.24. The lowest BCUT2D eigenvalue weighted by atomic mass is 10.1. The van der Waals surface area contributed by atoms with E-state index in [1.807, 2.05) is 0 Å². The van der Waals surface area contributed by atoms with Gasteiger partial charge in [0, 0.05) is 18.5 Å². The molecule has 0 spiro atoms. The number of para-hydroxylation sites is 1. The first-order chi connectivity index (χ1) is 15.1. The smallest absolute Gasteiger partial charge is 0.418 e. The number of aryl methyl sites for hydroxylation is 1. The van der Waals surface area contributed by atoms with E-state index in [4.69, 9.17) is 16.3 Å². The van der Waals surface area contributed by atoms with E-state index in [2.05, 4.69) is 10.3 Å². The highest BCUT2D eigenvalue weighted by Crippen LogP contribution is 2.36. The van der Waals surface area contributed by atoms with Crippen molar-refractivity contribution in [1.82, 2.24) is 9.55 Å². The molecule has 7 nitrogen and oxygen atoms in total. The van der Waals surface area contributed by atoms with Crippen LogP contribution >= 0.6 is 11.6 Å². The van der Waals surface area contributed by atoms with Crippen molar-refractivity contribution < 1.29 is 27.5 Å². The van der Waals surface area contributed by atoms with E-state index in [-0.39, 0.29) is 23.4 Å². The summed E-state index contributed by atoms with van der Waals surface area (Å²) in [6.07, 6.45) is -4.83. The number of ether oxygens (including phenoxy) is 1. The molecule has 32 heavy (non-hydrogen) atoms. The monoisotopic (exact) mass is 467 g/mol. The summed E-state index contributed by atoms with van der Waals surface area (Å²) in [5.74, 6) is -1.36. The number of nitrogens with one attached hydrogen (secondary N) is 1. The average molecular weight is 468 g/mol. The second-order valence-electron chi connectivity index (χ2n) is 6.81. The van der Waals surface area contributed by atoms with Crippen LogP contribution in [-0.4, -0.2) is 28.0 Å². The third-order valence-corrected chi connectivity index (χ3v) is 4.79. The van der Waals surface area contributed by atoms with E-state index in [0.29, 0.717) is 22.8 Å². The lowest BCUT2D eigenvalue weighted by molar-refractivity contribution is -0.147. The molecule has 0 saturated heterocycles. The molecule has 2 aromatic carbocycles. The summed E-state index contributed by atoms with van der Waals surface area (Å²) >= 11 is 5.59. The van der Waals surface area contributed by atoms with E-state index in [1.165, 1.54) is 17.7 Å². The van der Waals surface area contributed by atoms with Gasteiger partial charge in [-0.3, -0.25) is 19.0 Å². The zero-order chi connectivity index (χ0) is 23.5. The van der Waals surface area contributed by atoms with Crippen LogP contribution in [0.5, 0.6) is 0 Å². The Balaban J connectivity index is 1.58. The molecule has 0 saturated carbocycles. The molecular formula is C21H17ClF3N3O4. The Morgan fingerprint density at radius 2 is 1.91 bits per heavy atom. The lowest BCUT2D eigenvalue weighted by Gasteiger charge is -2.14. The molecule has 1 amide bonds. The number of hydrogen-bond acceptors (Lipinski definition) is 5. The summed E-state index contributed by atoms with van der Waals surface area (Å²) in [6, 6.07) is 9.66. The van der Waals surface area contributed by atoms with Crippen LogP contribution in [0, 0.1) is 0 Å². The summed E-state index contributed by atoms with van der Waals surface area (Å²) in [5, 5.41) is 2.36.